The molecule has 0 bridgehead atoms. The summed E-state index contributed by atoms with van der Waals surface area (Å²) in [5.74, 6) is -3.04. The highest BCUT2D eigenvalue weighted by Crippen LogP contribution is 2.40. The number of rotatable bonds is 22. The number of benzene rings is 3. The van der Waals surface area contributed by atoms with Crippen LogP contribution in [0, 0.1) is 0 Å². The highest BCUT2D eigenvalue weighted by molar-refractivity contribution is 5.94. The zero-order valence-electron chi connectivity index (χ0n) is 32.2. The summed E-state index contributed by atoms with van der Waals surface area (Å²) in [5.41, 5.74) is -0.0205. The molecule has 0 N–H and O–H groups in total. The van der Waals surface area contributed by atoms with Crippen LogP contribution in [0.1, 0.15) is 46.4 Å². The Kier molecular flexibility index (Phi) is 18.4. The Morgan fingerprint density at radius 1 is 0.466 bits per heavy atom. The molecule has 18 heteroatoms. The van der Waals surface area contributed by atoms with Crippen molar-refractivity contribution < 1.29 is 85.6 Å². The highest BCUT2D eigenvalue weighted by Gasteiger charge is 2.23. The van der Waals surface area contributed by atoms with Gasteiger partial charge in [0.2, 0.25) is 5.75 Å². The Bertz CT molecular complexity index is 1930. The molecule has 0 radical (unpaired) electrons. The van der Waals surface area contributed by atoms with Crippen LogP contribution in [0.2, 0.25) is 0 Å². The summed E-state index contributed by atoms with van der Waals surface area (Å²) in [6.07, 6.45) is 1.69. The molecule has 0 aliphatic rings. The van der Waals surface area contributed by atoms with Gasteiger partial charge < -0.3 is 56.8 Å². The Balaban J connectivity index is 1.61. The van der Waals surface area contributed by atoms with Crippen LogP contribution in [0.4, 0.5) is 9.59 Å². The van der Waals surface area contributed by atoms with Gasteiger partial charge in [0.15, 0.2) is 34.5 Å². The fourth-order valence-corrected chi connectivity index (χ4v) is 4.51. The molecule has 0 atom stereocenters. The highest BCUT2D eigenvalue weighted by atomic mass is 16.7. The summed E-state index contributed by atoms with van der Waals surface area (Å²) >= 11 is 0. The molecule has 0 saturated heterocycles. The molecule has 3 aromatic rings. The van der Waals surface area contributed by atoms with Gasteiger partial charge in [-0.2, -0.15) is 0 Å². The van der Waals surface area contributed by atoms with Crippen molar-refractivity contribution in [2.45, 2.75) is 25.7 Å². The van der Waals surface area contributed by atoms with Crippen LogP contribution < -0.4 is 37.9 Å². The van der Waals surface area contributed by atoms with Gasteiger partial charge in [-0.15, -0.1) is 0 Å². The first-order chi connectivity index (χ1) is 28.0. The van der Waals surface area contributed by atoms with Gasteiger partial charge in [0.1, 0.15) is 5.75 Å². The molecule has 0 fully saturated rings. The molecule has 0 saturated carbocycles. The zero-order chi connectivity index (χ0) is 42.5. The lowest BCUT2D eigenvalue weighted by molar-refractivity contribution is -0.138. The number of carbonyl (C=O) groups excluding carboxylic acids is 6. The van der Waals surface area contributed by atoms with Crippen LogP contribution in [0.25, 0.3) is 0 Å². The molecule has 3 rings (SSSR count). The van der Waals surface area contributed by atoms with E-state index in [9.17, 15) is 28.8 Å². The smallest absolute Gasteiger partial charge is 0.493 e. The van der Waals surface area contributed by atoms with E-state index in [-0.39, 0.29) is 83.6 Å². The quantitative estimate of drug-likeness (QED) is 0.0275. The molecule has 0 spiro atoms. The van der Waals surface area contributed by atoms with E-state index < -0.39 is 36.2 Å². The van der Waals surface area contributed by atoms with Crippen LogP contribution in [0.5, 0.6) is 46.0 Å². The summed E-state index contributed by atoms with van der Waals surface area (Å²) in [6, 6.07) is 10.5. The summed E-state index contributed by atoms with van der Waals surface area (Å²) in [5, 5.41) is 0. The van der Waals surface area contributed by atoms with Crippen molar-refractivity contribution in [3.05, 3.63) is 85.0 Å². The van der Waals surface area contributed by atoms with Gasteiger partial charge in [-0.3, -0.25) is 0 Å². The molecule has 0 aliphatic carbocycles. The van der Waals surface area contributed by atoms with Crippen LogP contribution in [-0.4, -0.2) is 91.1 Å². The maximum Gasteiger partial charge on any atom is 0.514 e. The average molecular weight is 811 g/mol. The molecule has 0 heterocycles. The second kappa shape index (κ2) is 23.6. The van der Waals surface area contributed by atoms with Crippen LogP contribution in [0.15, 0.2) is 73.8 Å². The second-order valence-corrected chi connectivity index (χ2v) is 11.2. The monoisotopic (exact) mass is 810 g/mol. The van der Waals surface area contributed by atoms with Crippen molar-refractivity contribution in [2.75, 3.05) is 54.9 Å². The number of hydrogen-bond acceptors (Lipinski definition) is 18. The Hall–Kier alpha value is -7.24. The molecule has 3 aromatic carbocycles. The maximum absolute atomic E-state index is 13.3. The SMILES string of the molecule is C=CC(=O)OCCCCOC(=O)Oc1ccc(C(=O)Oc2ccc(OC(=O)c3cc(OC)c(OC(=O)OCCCCOC(=O)C=C)c(OC)c3)c(OC)c2)cc1OC. The molecular weight excluding hydrogens is 768 g/mol. The van der Waals surface area contributed by atoms with Gasteiger partial charge in [-0.1, -0.05) is 13.2 Å². The third-order valence-electron chi connectivity index (χ3n) is 7.36. The van der Waals surface area contributed by atoms with E-state index in [1.54, 1.807) is 0 Å². The fourth-order valence-electron chi connectivity index (χ4n) is 4.51. The lowest BCUT2D eigenvalue weighted by atomic mass is 10.2. The lowest BCUT2D eigenvalue weighted by Crippen LogP contribution is -2.15. The Morgan fingerprint density at radius 3 is 1.41 bits per heavy atom. The first kappa shape index (κ1) is 45.2. The summed E-state index contributed by atoms with van der Waals surface area (Å²) < 4.78 is 62.6. The standard InChI is InChI=1S/C40H42O18/c1-7-34(41)51-17-9-11-19-53-39(45)57-29-15-13-25(21-30(29)47-3)37(43)55-27-14-16-28(31(24-27)48-4)56-38(44)26-22-32(49-5)36(33(23-26)50-6)58-40(46)54-20-12-10-18-52-35(42)8-2/h7-8,13-16,21-24H,1-2,9-12,17-20H2,3-6H3. The van der Waals surface area contributed by atoms with E-state index in [4.69, 9.17) is 56.8 Å². The topological polar surface area (TPSA) is 213 Å². The zero-order valence-corrected chi connectivity index (χ0v) is 32.2. The third kappa shape index (κ3) is 14.1. The molecule has 58 heavy (non-hydrogen) atoms. The van der Waals surface area contributed by atoms with E-state index in [0.29, 0.717) is 25.7 Å². The van der Waals surface area contributed by atoms with Crippen molar-refractivity contribution in [1.82, 2.24) is 0 Å². The number of unbranched alkanes of at least 4 members (excludes halogenated alkanes) is 2. The third-order valence-corrected chi connectivity index (χ3v) is 7.36. The maximum atomic E-state index is 13.3. The van der Waals surface area contributed by atoms with E-state index in [2.05, 4.69) is 13.2 Å². The first-order valence-corrected chi connectivity index (χ1v) is 17.3. The largest absolute Gasteiger partial charge is 0.514 e. The van der Waals surface area contributed by atoms with Crippen LogP contribution in [-0.2, 0) is 28.5 Å². The molecule has 0 aromatic heterocycles. The van der Waals surface area contributed by atoms with Crippen LogP contribution in [0.3, 0.4) is 0 Å². The number of esters is 4. The van der Waals surface area contributed by atoms with Crippen LogP contribution >= 0.6 is 0 Å². The molecular formula is C40H42O18. The number of ether oxygens (including phenoxy) is 12. The van der Waals surface area contributed by atoms with Gasteiger partial charge in [0.25, 0.3) is 0 Å². The predicted molar refractivity (Wildman–Crippen MR) is 200 cm³/mol. The first-order valence-electron chi connectivity index (χ1n) is 17.3. The molecule has 18 nitrogen and oxygen atoms in total. The van der Waals surface area contributed by atoms with E-state index in [1.807, 2.05) is 0 Å². The molecule has 310 valence electrons. The Morgan fingerprint density at radius 2 is 0.897 bits per heavy atom. The normalized spacial score (nSPS) is 10.1. The Labute approximate surface area is 333 Å². The minimum absolute atomic E-state index is 0.00691. The van der Waals surface area contributed by atoms with E-state index in [1.165, 1.54) is 77.0 Å². The van der Waals surface area contributed by atoms with Gasteiger partial charge in [0, 0.05) is 18.2 Å². The minimum Gasteiger partial charge on any atom is -0.493 e. The minimum atomic E-state index is -1.07. The van der Waals surface area contributed by atoms with Crippen molar-refractivity contribution in [2.24, 2.45) is 0 Å². The van der Waals surface area contributed by atoms with Crippen molar-refractivity contribution in [3.8, 4) is 46.0 Å². The number of carbonyl (C=O) groups is 6. The lowest BCUT2D eigenvalue weighted by Gasteiger charge is -2.15. The summed E-state index contributed by atoms with van der Waals surface area (Å²) in [6.45, 7) is 6.85. The van der Waals surface area contributed by atoms with Crippen molar-refractivity contribution in [3.63, 3.8) is 0 Å². The summed E-state index contributed by atoms with van der Waals surface area (Å²) in [7, 11) is 5.18. The molecule has 0 amide bonds. The van der Waals surface area contributed by atoms with E-state index in [0.717, 1.165) is 12.2 Å². The second-order valence-electron chi connectivity index (χ2n) is 11.2. The average Bonchev–Trinajstić information content (AvgIpc) is 3.23. The molecule has 0 unspecified atom stereocenters. The molecule has 0 aliphatic heterocycles. The van der Waals surface area contributed by atoms with E-state index >= 15 is 0 Å². The van der Waals surface area contributed by atoms with Crippen molar-refractivity contribution in [1.29, 1.82) is 0 Å². The number of methoxy groups -OCH3 is 4. The summed E-state index contributed by atoms with van der Waals surface area (Å²) in [4.78, 5) is 73.0. The van der Waals surface area contributed by atoms with Gasteiger partial charge >= 0.3 is 36.2 Å². The van der Waals surface area contributed by atoms with Gasteiger partial charge in [0.05, 0.1) is 66.0 Å². The fraction of sp³-hybridized carbons (Fsp3) is 0.300. The van der Waals surface area contributed by atoms with Gasteiger partial charge in [-0.25, -0.2) is 28.8 Å². The predicted octanol–water partition coefficient (Wildman–Crippen LogP) is 6.21. The van der Waals surface area contributed by atoms with Crippen molar-refractivity contribution >= 4 is 36.2 Å². The van der Waals surface area contributed by atoms with Gasteiger partial charge in [-0.05, 0) is 68.1 Å². The number of hydrogen-bond donors (Lipinski definition) is 0.